The highest BCUT2D eigenvalue weighted by Crippen LogP contribution is 2.23. The van der Waals surface area contributed by atoms with Crippen LogP contribution in [0.2, 0.25) is 5.02 Å². The van der Waals surface area contributed by atoms with Crippen molar-refractivity contribution < 1.29 is 9.53 Å². The van der Waals surface area contributed by atoms with Gasteiger partial charge < -0.3 is 4.74 Å². The minimum atomic E-state index is -0.416. The molecule has 4 heteroatoms. The number of methoxy groups -OCH3 is 1. The molecule has 13 heavy (non-hydrogen) atoms. The quantitative estimate of drug-likeness (QED) is 0.730. The molecule has 70 valence electrons. The summed E-state index contributed by atoms with van der Waals surface area (Å²) in [6.07, 6.45) is 0.155. The Morgan fingerprint density at radius 1 is 1.54 bits per heavy atom. The van der Waals surface area contributed by atoms with E-state index in [9.17, 15) is 4.79 Å². The fourth-order valence-corrected chi connectivity index (χ4v) is 1.32. The number of ether oxygens (including phenoxy) is 1. The van der Waals surface area contributed by atoms with Gasteiger partial charge in [0.15, 0.2) is 0 Å². The molecule has 0 saturated carbocycles. The first-order chi connectivity index (χ1) is 6.13. The highest BCUT2D eigenvalue weighted by Gasteiger charge is 2.06. The summed E-state index contributed by atoms with van der Waals surface area (Å²) >= 11 is 11.0. The maximum atomic E-state index is 10.6. The standard InChI is InChI=1S/C9H8Cl2O2/c1-13-8-5-7(10)3-2-6(8)4-9(11)12/h2-3,5H,4H2,1H3. The largest absolute Gasteiger partial charge is 0.496 e. The molecule has 0 saturated heterocycles. The molecule has 0 spiro atoms. The minimum absolute atomic E-state index is 0.155. The molecule has 0 N–H and O–H groups in total. The van der Waals surface area contributed by atoms with Crippen molar-refractivity contribution in [2.45, 2.75) is 6.42 Å². The summed E-state index contributed by atoms with van der Waals surface area (Å²) in [4.78, 5) is 10.6. The maximum absolute atomic E-state index is 10.6. The zero-order chi connectivity index (χ0) is 9.84. The highest BCUT2D eigenvalue weighted by molar-refractivity contribution is 6.63. The number of carbonyl (C=O) groups is 1. The lowest BCUT2D eigenvalue weighted by Gasteiger charge is -2.06. The van der Waals surface area contributed by atoms with Gasteiger partial charge in [-0.1, -0.05) is 17.7 Å². The molecule has 0 atom stereocenters. The predicted molar refractivity (Wildman–Crippen MR) is 52.6 cm³/mol. The van der Waals surface area contributed by atoms with Crippen molar-refractivity contribution in [3.63, 3.8) is 0 Å². The second-order valence-electron chi connectivity index (χ2n) is 2.49. The lowest BCUT2D eigenvalue weighted by atomic mass is 10.1. The monoisotopic (exact) mass is 218 g/mol. The Labute approximate surface area is 86.4 Å². The first kappa shape index (κ1) is 10.4. The van der Waals surface area contributed by atoms with Crippen LogP contribution in [0.4, 0.5) is 0 Å². The van der Waals surface area contributed by atoms with Crippen LogP contribution < -0.4 is 4.74 Å². The van der Waals surface area contributed by atoms with E-state index in [0.717, 1.165) is 5.56 Å². The minimum Gasteiger partial charge on any atom is -0.496 e. The zero-order valence-corrected chi connectivity index (χ0v) is 8.52. The van der Waals surface area contributed by atoms with Gasteiger partial charge in [0.05, 0.1) is 13.5 Å². The van der Waals surface area contributed by atoms with Crippen LogP contribution >= 0.6 is 23.2 Å². The Hall–Kier alpha value is -0.730. The smallest absolute Gasteiger partial charge is 0.226 e. The molecule has 0 fully saturated rings. The summed E-state index contributed by atoms with van der Waals surface area (Å²) in [5, 5.41) is 0.156. The van der Waals surface area contributed by atoms with Crippen LogP contribution in [0.1, 0.15) is 5.56 Å². The molecule has 2 nitrogen and oxygen atoms in total. The van der Waals surface area contributed by atoms with Gasteiger partial charge in [-0.15, -0.1) is 0 Å². The lowest BCUT2D eigenvalue weighted by Crippen LogP contribution is -1.97. The molecule has 0 aliphatic heterocycles. The van der Waals surface area contributed by atoms with Crippen molar-refractivity contribution in [2.75, 3.05) is 7.11 Å². The average Bonchev–Trinajstić information content (AvgIpc) is 2.07. The van der Waals surface area contributed by atoms with Crippen LogP contribution in [-0.2, 0) is 11.2 Å². The van der Waals surface area contributed by atoms with Crippen molar-refractivity contribution >= 4 is 28.4 Å². The van der Waals surface area contributed by atoms with E-state index >= 15 is 0 Å². The summed E-state index contributed by atoms with van der Waals surface area (Å²) in [5.74, 6) is 0.585. The lowest BCUT2D eigenvalue weighted by molar-refractivity contribution is -0.111. The summed E-state index contributed by atoms with van der Waals surface area (Å²) in [7, 11) is 1.52. The number of carbonyl (C=O) groups excluding carboxylic acids is 1. The second-order valence-corrected chi connectivity index (χ2v) is 3.35. The van der Waals surface area contributed by atoms with E-state index in [-0.39, 0.29) is 6.42 Å². The summed E-state index contributed by atoms with van der Waals surface area (Å²) in [5.41, 5.74) is 0.743. The maximum Gasteiger partial charge on any atom is 0.226 e. The molecule has 0 aliphatic carbocycles. The Morgan fingerprint density at radius 3 is 2.77 bits per heavy atom. The van der Waals surface area contributed by atoms with Gasteiger partial charge in [-0.2, -0.15) is 0 Å². The predicted octanol–water partition coefficient (Wildman–Crippen LogP) is 2.66. The van der Waals surface area contributed by atoms with E-state index in [1.54, 1.807) is 18.2 Å². The fourth-order valence-electron chi connectivity index (χ4n) is 1.01. The Balaban J connectivity index is 2.99. The third-order valence-electron chi connectivity index (χ3n) is 1.58. The van der Waals surface area contributed by atoms with Gasteiger partial charge in [0.2, 0.25) is 5.24 Å². The molecule has 0 heterocycles. The zero-order valence-electron chi connectivity index (χ0n) is 7.01. The first-order valence-electron chi connectivity index (χ1n) is 3.64. The van der Waals surface area contributed by atoms with Crippen LogP contribution in [0.25, 0.3) is 0 Å². The molecule has 0 bridgehead atoms. The summed E-state index contributed by atoms with van der Waals surface area (Å²) in [6, 6.07) is 5.07. The summed E-state index contributed by atoms with van der Waals surface area (Å²) < 4.78 is 5.03. The molecule has 0 aromatic heterocycles. The van der Waals surface area contributed by atoms with Gasteiger partial charge in [0.25, 0.3) is 0 Å². The number of hydrogen-bond acceptors (Lipinski definition) is 2. The highest BCUT2D eigenvalue weighted by atomic mass is 35.5. The Morgan fingerprint density at radius 2 is 2.23 bits per heavy atom. The number of halogens is 2. The van der Waals surface area contributed by atoms with Crippen molar-refractivity contribution in [3.05, 3.63) is 28.8 Å². The van der Waals surface area contributed by atoms with E-state index < -0.39 is 5.24 Å². The van der Waals surface area contributed by atoms with Crippen LogP contribution in [0.15, 0.2) is 18.2 Å². The van der Waals surface area contributed by atoms with E-state index in [0.29, 0.717) is 10.8 Å². The second kappa shape index (κ2) is 4.49. The molecule has 0 unspecified atom stereocenters. The SMILES string of the molecule is COc1cc(Cl)ccc1CC(=O)Cl. The number of hydrogen-bond donors (Lipinski definition) is 0. The molecule has 1 aromatic rings. The van der Waals surface area contributed by atoms with Crippen molar-refractivity contribution in [2.24, 2.45) is 0 Å². The van der Waals surface area contributed by atoms with Crippen LogP contribution in [-0.4, -0.2) is 12.4 Å². The van der Waals surface area contributed by atoms with Crippen LogP contribution in [0.3, 0.4) is 0 Å². The van der Waals surface area contributed by atoms with Crippen molar-refractivity contribution in [1.82, 2.24) is 0 Å². The number of benzene rings is 1. The molecule has 0 aliphatic rings. The van der Waals surface area contributed by atoms with Crippen molar-refractivity contribution in [3.8, 4) is 5.75 Å². The van der Waals surface area contributed by atoms with E-state index in [2.05, 4.69) is 0 Å². The molecule has 1 aromatic carbocycles. The third-order valence-corrected chi connectivity index (χ3v) is 1.95. The Bertz CT molecular complexity index is 323. The van der Waals surface area contributed by atoms with E-state index in [1.807, 2.05) is 0 Å². The molecular weight excluding hydrogens is 211 g/mol. The van der Waals surface area contributed by atoms with Gasteiger partial charge in [0.1, 0.15) is 5.75 Å². The van der Waals surface area contributed by atoms with E-state index in [1.165, 1.54) is 7.11 Å². The van der Waals surface area contributed by atoms with Gasteiger partial charge >= 0.3 is 0 Å². The molecule has 0 radical (unpaired) electrons. The first-order valence-corrected chi connectivity index (χ1v) is 4.40. The summed E-state index contributed by atoms with van der Waals surface area (Å²) in [6.45, 7) is 0. The Kier molecular flexibility index (Phi) is 3.58. The third kappa shape index (κ3) is 2.90. The fraction of sp³-hybridized carbons (Fsp3) is 0.222. The van der Waals surface area contributed by atoms with Crippen molar-refractivity contribution in [1.29, 1.82) is 0 Å². The van der Waals surface area contributed by atoms with Gasteiger partial charge in [-0.25, -0.2) is 0 Å². The van der Waals surface area contributed by atoms with E-state index in [4.69, 9.17) is 27.9 Å². The van der Waals surface area contributed by atoms with Gasteiger partial charge in [-0.3, -0.25) is 4.79 Å². The van der Waals surface area contributed by atoms with Gasteiger partial charge in [0, 0.05) is 10.6 Å². The normalized spacial score (nSPS) is 9.77. The molecule has 0 amide bonds. The topological polar surface area (TPSA) is 26.3 Å². The number of rotatable bonds is 3. The average molecular weight is 219 g/mol. The van der Waals surface area contributed by atoms with Crippen LogP contribution in [0, 0.1) is 0 Å². The van der Waals surface area contributed by atoms with Gasteiger partial charge in [-0.05, 0) is 23.7 Å². The molecular formula is C9H8Cl2O2. The van der Waals surface area contributed by atoms with Crippen LogP contribution in [0.5, 0.6) is 5.75 Å². The molecule has 1 rings (SSSR count).